The maximum absolute atomic E-state index is 11.1. The summed E-state index contributed by atoms with van der Waals surface area (Å²) in [6, 6.07) is 16.2. The van der Waals surface area contributed by atoms with Crippen LogP contribution in [0.25, 0.3) is 17.0 Å². The Labute approximate surface area is 170 Å². The summed E-state index contributed by atoms with van der Waals surface area (Å²) in [5, 5.41) is 19.5. The Bertz CT molecular complexity index is 963. The molecule has 0 saturated heterocycles. The Kier molecular flexibility index (Phi) is 7.19. The summed E-state index contributed by atoms with van der Waals surface area (Å²) in [6.45, 7) is 3.69. The quantitative estimate of drug-likeness (QED) is 0.256. The first kappa shape index (κ1) is 20.8. The number of nitrogens with one attached hydrogen (secondary N) is 2. The maximum Gasteiger partial charge on any atom is 0.267 e. The van der Waals surface area contributed by atoms with Gasteiger partial charge in [-0.1, -0.05) is 42.5 Å². The summed E-state index contributed by atoms with van der Waals surface area (Å²) in [7, 11) is 0. The lowest BCUT2D eigenvalue weighted by molar-refractivity contribution is -0.124. The molecule has 1 amide bonds. The van der Waals surface area contributed by atoms with Crippen LogP contribution in [0.3, 0.4) is 0 Å². The molecule has 0 bridgehead atoms. The monoisotopic (exact) mass is 393 g/mol. The summed E-state index contributed by atoms with van der Waals surface area (Å²) < 4.78 is 0. The number of rotatable bonds is 9. The van der Waals surface area contributed by atoms with E-state index in [0.717, 1.165) is 36.2 Å². The highest BCUT2D eigenvalue weighted by atomic mass is 16.5. The highest BCUT2D eigenvalue weighted by Gasteiger charge is 2.14. The molecule has 4 N–H and O–H groups in total. The molecule has 1 atom stereocenters. The van der Waals surface area contributed by atoms with Crippen molar-refractivity contribution in [2.24, 2.45) is 0 Å². The van der Waals surface area contributed by atoms with Gasteiger partial charge in [-0.3, -0.25) is 14.9 Å². The van der Waals surface area contributed by atoms with E-state index in [1.807, 2.05) is 43.3 Å². The van der Waals surface area contributed by atoms with Gasteiger partial charge in [0.05, 0.1) is 6.61 Å². The van der Waals surface area contributed by atoms with E-state index in [2.05, 4.69) is 28.2 Å². The minimum absolute atomic E-state index is 0.0491. The number of H-pyrrole nitrogens is 1. The molecule has 0 fully saturated rings. The SMILES string of the molecule is CC(CO)N(CCc1c[nH]c2ccccc12)Cc1ccc(C=CC(=O)NO)cc1. The van der Waals surface area contributed by atoms with Crippen LogP contribution in [0.1, 0.15) is 23.6 Å². The number of nitrogens with zero attached hydrogens (tertiary/aromatic N) is 1. The summed E-state index contributed by atoms with van der Waals surface area (Å²) in [6.07, 6.45) is 5.87. The number of carbonyl (C=O) groups is 1. The lowest BCUT2D eigenvalue weighted by atomic mass is 10.1. The van der Waals surface area contributed by atoms with Gasteiger partial charge in [-0.05, 0) is 42.2 Å². The Morgan fingerprint density at radius 1 is 1.21 bits per heavy atom. The number of hydroxylamine groups is 1. The molecule has 0 aliphatic carbocycles. The van der Waals surface area contributed by atoms with E-state index in [1.165, 1.54) is 17.0 Å². The van der Waals surface area contributed by atoms with Gasteiger partial charge in [0.1, 0.15) is 0 Å². The van der Waals surface area contributed by atoms with E-state index < -0.39 is 5.91 Å². The molecule has 0 saturated carbocycles. The Morgan fingerprint density at radius 3 is 2.69 bits per heavy atom. The van der Waals surface area contributed by atoms with Crippen LogP contribution in [0.4, 0.5) is 0 Å². The molecular weight excluding hydrogens is 366 g/mol. The van der Waals surface area contributed by atoms with Crippen LogP contribution in [0, 0.1) is 0 Å². The van der Waals surface area contributed by atoms with E-state index in [9.17, 15) is 9.90 Å². The van der Waals surface area contributed by atoms with Crippen molar-refractivity contribution in [3.63, 3.8) is 0 Å². The molecule has 0 aliphatic rings. The lowest BCUT2D eigenvalue weighted by Gasteiger charge is -2.28. The summed E-state index contributed by atoms with van der Waals surface area (Å²) in [5.74, 6) is -0.561. The molecule has 6 heteroatoms. The lowest BCUT2D eigenvalue weighted by Crippen LogP contribution is -2.36. The van der Waals surface area contributed by atoms with Crippen LogP contribution in [-0.4, -0.2) is 45.3 Å². The molecule has 0 aliphatic heterocycles. The number of aromatic amines is 1. The van der Waals surface area contributed by atoms with Gasteiger partial charge >= 0.3 is 0 Å². The number of para-hydroxylation sites is 1. The van der Waals surface area contributed by atoms with Gasteiger partial charge in [0.2, 0.25) is 0 Å². The second kappa shape index (κ2) is 10.0. The number of fused-ring (bicyclic) bond motifs is 1. The van der Waals surface area contributed by atoms with Gasteiger partial charge in [-0.25, -0.2) is 5.48 Å². The average molecular weight is 393 g/mol. The molecule has 1 aromatic heterocycles. The highest BCUT2D eigenvalue weighted by molar-refractivity contribution is 5.90. The minimum Gasteiger partial charge on any atom is -0.395 e. The van der Waals surface area contributed by atoms with Crippen molar-refractivity contribution in [3.8, 4) is 0 Å². The average Bonchev–Trinajstić information content (AvgIpc) is 3.18. The maximum atomic E-state index is 11.1. The van der Waals surface area contributed by atoms with Gasteiger partial charge in [0.15, 0.2) is 0 Å². The highest BCUT2D eigenvalue weighted by Crippen LogP contribution is 2.19. The van der Waals surface area contributed by atoms with Crippen LogP contribution >= 0.6 is 0 Å². The van der Waals surface area contributed by atoms with E-state index >= 15 is 0 Å². The molecule has 0 radical (unpaired) electrons. The molecule has 29 heavy (non-hydrogen) atoms. The molecule has 6 nitrogen and oxygen atoms in total. The van der Waals surface area contributed by atoms with Crippen molar-refractivity contribution in [2.45, 2.75) is 25.9 Å². The van der Waals surface area contributed by atoms with Crippen LogP contribution in [0.15, 0.2) is 60.8 Å². The predicted octanol–water partition coefficient (Wildman–Crippen LogP) is 3.11. The van der Waals surface area contributed by atoms with Crippen molar-refractivity contribution in [1.29, 1.82) is 0 Å². The van der Waals surface area contributed by atoms with Crippen molar-refractivity contribution < 1.29 is 15.1 Å². The van der Waals surface area contributed by atoms with Gasteiger partial charge < -0.3 is 10.1 Å². The predicted molar refractivity (Wildman–Crippen MR) is 114 cm³/mol. The molecule has 3 aromatic rings. The fourth-order valence-electron chi connectivity index (χ4n) is 3.35. The molecule has 152 valence electrons. The van der Waals surface area contributed by atoms with Crippen LogP contribution < -0.4 is 5.48 Å². The summed E-state index contributed by atoms with van der Waals surface area (Å²) in [4.78, 5) is 16.7. The van der Waals surface area contributed by atoms with E-state index in [1.54, 1.807) is 11.6 Å². The van der Waals surface area contributed by atoms with Gasteiger partial charge in [-0.2, -0.15) is 0 Å². The third-order valence-electron chi connectivity index (χ3n) is 5.13. The number of benzene rings is 2. The van der Waals surface area contributed by atoms with Crippen molar-refractivity contribution in [1.82, 2.24) is 15.4 Å². The topological polar surface area (TPSA) is 88.6 Å². The number of carbonyl (C=O) groups excluding carboxylic acids is 1. The number of aliphatic hydroxyl groups is 1. The third kappa shape index (κ3) is 5.54. The van der Waals surface area contributed by atoms with Crippen molar-refractivity contribution >= 4 is 22.9 Å². The number of hydrogen-bond donors (Lipinski definition) is 4. The van der Waals surface area contributed by atoms with E-state index in [4.69, 9.17) is 5.21 Å². The van der Waals surface area contributed by atoms with Crippen LogP contribution in [0.5, 0.6) is 0 Å². The second-order valence-electron chi connectivity index (χ2n) is 7.16. The molecular formula is C23H27N3O3. The molecule has 3 rings (SSSR count). The smallest absolute Gasteiger partial charge is 0.267 e. The van der Waals surface area contributed by atoms with Crippen molar-refractivity contribution in [2.75, 3.05) is 13.2 Å². The Morgan fingerprint density at radius 2 is 1.97 bits per heavy atom. The standard InChI is InChI=1S/C23H27N3O3/c1-17(16-27)26(13-12-20-14-24-22-5-3-2-4-21(20)22)15-19-8-6-18(7-9-19)10-11-23(28)25-29/h2-11,14,17,24,27,29H,12-13,15-16H2,1H3,(H,25,28). The first-order valence-corrected chi connectivity index (χ1v) is 9.71. The number of amides is 1. The van der Waals surface area contributed by atoms with Gasteiger partial charge in [-0.15, -0.1) is 0 Å². The zero-order valence-electron chi connectivity index (χ0n) is 16.5. The molecule has 0 spiro atoms. The fourth-order valence-corrected chi connectivity index (χ4v) is 3.35. The number of aliphatic hydroxyl groups excluding tert-OH is 1. The second-order valence-corrected chi connectivity index (χ2v) is 7.16. The Balaban J connectivity index is 1.66. The molecule has 1 heterocycles. The first-order chi connectivity index (χ1) is 14.1. The minimum atomic E-state index is -0.561. The summed E-state index contributed by atoms with van der Waals surface area (Å²) in [5.41, 5.74) is 5.99. The zero-order valence-corrected chi connectivity index (χ0v) is 16.5. The zero-order chi connectivity index (χ0) is 20.6. The summed E-state index contributed by atoms with van der Waals surface area (Å²) >= 11 is 0. The van der Waals surface area contributed by atoms with E-state index in [-0.39, 0.29) is 12.6 Å². The number of aromatic nitrogens is 1. The first-order valence-electron chi connectivity index (χ1n) is 9.71. The molecule has 2 aromatic carbocycles. The van der Waals surface area contributed by atoms with Gasteiger partial charge in [0, 0.05) is 42.3 Å². The normalized spacial score (nSPS) is 12.7. The van der Waals surface area contributed by atoms with Crippen molar-refractivity contribution in [3.05, 3.63) is 77.5 Å². The van der Waals surface area contributed by atoms with Crippen LogP contribution in [0.2, 0.25) is 0 Å². The van der Waals surface area contributed by atoms with E-state index in [0.29, 0.717) is 0 Å². The third-order valence-corrected chi connectivity index (χ3v) is 5.13. The fraction of sp³-hybridized carbons (Fsp3) is 0.261. The Hall–Kier alpha value is -2.93. The number of hydrogen-bond acceptors (Lipinski definition) is 4. The van der Waals surface area contributed by atoms with Crippen LogP contribution in [-0.2, 0) is 17.8 Å². The molecule has 1 unspecified atom stereocenters. The van der Waals surface area contributed by atoms with Gasteiger partial charge in [0.25, 0.3) is 5.91 Å². The largest absolute Gasteiger partial charge is 0.395 e.